The SMILES string of the molecule is C=CCN(C(=O)[C@@H]1[C@H]2C(=O)N(CCCCCCO)C(C(=O)N(CC=C)C(C)C)C23CC[C@H]1S3)c1ccc(OCC)cc1. The van der Waals surface area contributed by atoms with E-state index in [1.165, 1.54) is 0 Å². The van der Waals surface area contributed by atoms with Crippen LogP contribution in [0.3, 0.4) is 0 Å². The van der Waals surface area contributed by atoms with Crippen molar-refractivity contribution in [3.05, 3.63) is 49.6 Å². The van der Waals surface area contributed by atoms with Gasteiger partial charge in [0.05, 0.1) is 23.2 Å². The Labute approximate surface area is 255 Å². The van der Waals surface area contributed by atoms with Gasteiger partial charge < -0.3 is 24.5 Å². The fraction of sp³-hybridized carbons (Fsp3) is 0.606. The molecule has 9 heteroatoms. The fourth-order valence-corrected chi connectivity index (χ4v) is 9.28. The first kappa shape index (κ1) is 32.1. The maximum absolute atomic E-state index is 14.4. The summed E-state index contributed by atoms with van der Waals surface area (Å²) in [7, 11) is 0. The predicted octanol–water partition coefficient (Wildman–Crippen LogP) is 4.67. The van der Waals surface area contributed by atoms with Gasteiger partial charge >= 0.3 is 0 Å². The van der Waals surface area contributed by atoms with E-state index < -0.39 is 22.6 Å². The number of carbonyl (C=O) groups excluding carboxylic acids is 3. The van der Waals surface area contributed by atoms with Crippen molar-refractivity contribution in [2.45, 2.75) is 81.4 Å². The first-order valence-corrected chi connectivity index (χ1v) is 16.3. The van der Waals surface area contributed by atoms with Crippen LogP contribution in [0.1, 0.15) is 59.3 Å². The summed E-state index contributed by atoms with van der Waals surface area (Å²) in [6, 6.07) is 6.80. The van der Waals surface area contributed by atoms with Crippen molar-refractivity contribution in [2.24, 2.45) is 11.8 Å². The van der Waals surface area contributed by atoms with E-state index in [0.29, 0.717) is 26.2 Å². The zero-order valence-corrected chi connectivity index (χ0v) is 26.2. The van der Waals surface area contributed by atoms with E-state index in [-0.39, 0.29) is 35.6 Å². The predicted molar refractivity (Wildman–Crippen MR) is 169 cm³/mol. The normalized spacial score (nSPS) is 25.9. The molecular weight excluding hydrogens is 550 g/mol. The summed E-state index contributed by atoms with van der Waals surface area (Å²) < 4.78 is 4.96. The number of ether oxygens (including phenoxy) is 1. The molecule has 42 heavy (non-hydrogen) atoms. The molecule has 0 saturated carbocycles. The van der Waals surface area contributed by atoms with Gasteiger partial charge in [0.2, 0.25) is 17.7 Å². The number of anilines is 1. The Kier molecular flexibility index (Phi) is 10.8. The van der Waals surface area contributed by atoms with E-state index in [1.54, 1.807) is 33.7 Å². The van der Waals surface area contributed by atoms with Crippen LogP contribution in [0.4, 0.5) is 5.69 Å². The van der Waals surface area contributed by atoms with Gasteiger partial charge in [-0.15, -0.1) is 24.9 Å². The number of thioether (sulfide) groups is 1. The lowest BCUT2D eigenvalue weighted by molar-refractivity contribution is -0.143. The Morgan fingerprint density at radius 3 is 2.43 bits per heavy atom. The van der Waals surface area contributed by atoms with Gasteiger partial charge in [0.25, 0.3) is 0 Å². The molecule has 3 saturated heterocycles. The molecule has 1 aromatic carbocycles. The largest absolute Gasteiger partial charge is 0.494 e. The monoisotopic (exact) mass is 597 g/mol. The maximum Gasteiger partial charge on any atom is 0.247 e. The standard InChI is InChI=1S/C33H47N3O5S/c1-6-19-34(23(4)5)32(40)29-33-18-17-26(42-33)27(28(33)31(39)36(29)21-11-9-10-12-22-37)30(38)35(20-7-2)24-13-15-25(16-14-24)41-8-3/h6-7,13-16,23,26-29,37H,1-2,8-12,17-22H2,3-5H3/t26-,27+,28+,29?,33?/m1/s1. The molecule has 1 N–H and O–H groups in total. The van der Waals surface area contributed by atoms with Gasteiger partial charge in [-0.2, -0.15) is 0 Å². The van der Waals surface area contributed by atoms with E-state index in [9.17, 15) is 19.5 Å². The number of amides is 3. The van der Waals surface area contributed by atoms with Crippen molar-refractivity contribution in [1.82, 2.24) is 9.80 Å². The lowest BCUT2D eigenvalue weighted by Gasteiger charge is -2.39. The molecule has 230 valence electrons. The van der Waals surface area contributed by atoms with Crippen molar-refractivity contribution < 1.29 is 24.2 Å². The number of nitrogens with zero attached hydrogens (tertiary/aromatic N) is 3. The summed E-state index contributed by atoms with van der Waals surface area (Å²) in [5, 5.41) is 9.17. The number of aliphatic hydroxyl groups excluding tert-OH is 1. The van der Waals surface area contributed by atoms with Crippen LogP contribution in [0.2, 0.25) is 0 Å². The summed E-state index contributed by atoms with van der Waals surface area (Å²) in [5.41, 5.74) is 0.737. The number of fused-ring (bicyclic) bond motifs is 1. The second-order valence-corrected chi connectivity index (χ2v) is 13.4. The van der Waals surface area contributed by atoms with Crippen LogP contribution in [0, 0.1) is 11.8 Å². The summed E-state index contributed by atoms with van der Waals surface area (Å²) in [6.07, 6.45) is 8.20. The van der Waals surface area contributed by atoms with Crippen LogP contribution in [-0.4, -0.2) is 87.6 Å². The maximum atomic E-state index is 14.4. The van der Waals surface area contributed by atoms with Crippen LogP contribution >= 0.6 is 11.8 Å². The van der Waals surface area contributed by atoms with Crippen LogP contribution in [0.15, 0.2) is 49.6 Å². The van der Waals surface area contributed by atoms with Crippen molar-refractivity contribution in [3.63, 3.8) is 0 Å². The number of hydrogen-bond acceptors (Lipinski definition) is 6. The number of aliphatic hydroxyl groups is 1. The zero-order chi connectivity index (χ0) is 30.4. The molecule has 0 aromatic heterocycles. The van der Waals surface area contributed by atoms with Gasteiger partial charge in [-0.05, 0) is 70.7 Å². The molecule has 8 nitrogen and oxygen atoms in total. The molecule has 5 atom stereocenters. The Bertz CT molecular complexity index is 1140. The number of likely N-dealkylation sites (tertiary alicyclic amines) is 1. The third kappa shape index (κ3) is 6.00. The number of rotatable bonds is 16. The highest BCUT2D eigenvalue weighted by Gasteiger charge is 2.74. The Morgan fingerprint density at radius 1 is 1.12 bits per heavy atom. The van der Waals surface area contributed by atoms with Crippen molar-refractivity contribution in [3.8, 4) is 5.75 Å². The zero-order valence-electron chi connectivity index (χ0n) is 25.4. The van der Waals surface area contributed by atoms with Crippen LogP contribution in [-0.2, 0) is 14.4 Å². The highest BCUT2D eigenvalue weighted by Crippen LogP contribution is 2.66. The van der Waals surface area contributed by atoms with Gasteiger partial charge in [0, 0.05) is 43.2 Å². The summed E-state index contributed by atoms with van der Waals surface area (Å²) in [6.45, 7) is 15.6. The van der Waals surface area contributed by atoms with Crippen molar-refractivity contribution >= 4 is 35.2 Å². The number of benzene rings is 1. The van der Waals surface area contributed by atoms with Gasteiger partial charge in [-0.1, -0.05) is 25.0 Å². The topological polar surface area (TPSA) is 90.4 Å². The number of unbranched alkanes of at least 4 members (excludes halogenated alkanes) is 3. The first-order chi connectivity index (χ1) is 20.2. The van der Waals surface area contributed by atoms with Gasteiger partial charge in [-0.25, -0.2) is 0 Å². The van der Waals surface area contributed by atoms with Gasteiger partial charge in [0.15, 0.2) is 0 Å². The van der Waals surface area contributed by atoms with Crippen molar-refractivity contribution in [2.75, 3.05) is 37.7 Å². The molecule has 0 radical (unpaired) electrons. The molecule has 1 aromatic rings. The molecule has 0 aliphatic carbocycles. The molecule has 2 unspecified atom stereocenters. The first-order valence-electron chi connectivity index (χ1n) is 15.4. The fourth-order valence-electron chi connectivity index (χ4n) is 7.07. The van der Waals surface area contributed by atoms with E-state index in [2.05, 4.69) is 13.2 Å². The number of carbonyl (C=O) groups is 3. The van der Waals surface area contributed by atoms with Crippen LogP contribution in [0.25, 0.3) is 0 Å². The average Bonchev–Trinajstić information content (AvgIpc) is 3.62. The third-order valence-electron chi connectivity index (χ3n) is 8.90. The molecule has 2 bridgehead atoms. The Morgan fingerprint density at radius 2 is 1.81 bits per heavy atom. The minimum atomic E-state index is -0.628. The molecule has 3 fully saturated rings. The lowest BCUT2D eigenvalue weighted by Crippen LogP contribution is -2.56. The Balaban J connectivity index is 1.68. The molecule has 3 aliphatic heterocycles. The van der Waals surface area contributed by atoms with Crippen LogP contribution < -0.4 is 9.64 Å². The second kappa shape index (κ2) is 14.1. The summed E-state index contributed by atoms with van der Waals surface area (Å²) >= 11 is 1.70. The number of hydrogen-bond donors (Lipinski definition) is 1. The minimum Gasteiger partial charge on any atom is -0.494 e. The molecule has 1 spiro atoms. The smallest absolute Gasteiger partial charge is 0.247 e. The highest BCUT2D eigenvalue weighted by atomic mass is 32.2. The lowest BCUT2D eigenvalue weighted by atomic mass is 9.70. The average molecular weight is 598 g/mol. The summed E-state index contributed by atoms with van der Waals surface area (Å²) in [5.74, 6) is -0.530. The second-order valence-electron chi connectivity index (χ2n) is 11.8. The van der Waals surface area contributed by atoms with E-state index in [4.69, 9.17) is 4.74 Å². The molecular formula is C33H47N3O5S. The summed E-state index contributed by atoms with van der Waals surface area (Å²) in [4.78, 5) is 48.5. The van der Waals surface area contributed by atoms with Crippen molar-refractivity contribution in [1.29, 1.82) is 0 Å². The van der Waals surface area contributed by atoms with Gasteiger partial charge in [0.1, 0.15) is 11.8 Å². The molecule has 3 heterocycles. The molecule has 3 amide bonds. The highest BCUT2D eigenvalue weighted by molar-refractivity contribution is 8.02. The third-order valence-corrected chi connectivity index (χ3v) is 10.8. The van der Waals surface area contributed by atoms with E-state index >= 15 is 0 Å². The van der Waals surface area contributed by atoms with Crippen LogP contribution in [0.5, 0.6) is 5.75 Å². The van der Waals surface area contributed by atoms with E-state index in [1.807, 2.05) is 49.9 Å². The molecule has 4 rings (SSSR count). The van der Waals surface area contributed by atoms with Gasteiger partial charge in [-0.3, -0.25) is 14.4 Å². The van der Waals surface area contributed by atoms with E-state index in [0.717, 1.165) is 50.0 Å². The molecule has 3 aliphatic rings. The minimum absolute atomic E-state index is 0.0182. The quantitative estimate of drug-likeness (QED) is 0.220. The Hall–Kier alpha value is -2.78.